The summed E-state index contributed by atoms with van der Waals surface area (Å²) in [6, 6.07) is 7.81. The van der Waals surface area contributed by atoms with Crippen LogP contribution in [0.2, 0.25) is 5.02 Å². The van der Waals surface area contributed by atoms with E-state index in [-0.39, 0.29) is 0 Å². The van der Waals surface area contributed by atoms with Crippen LogP contribution in [0.15, 0.2) is 30.5 Å². The number of benzene rings is 1. The van der Waals surface area contributed by atoms with Crippen LogP contribution in [-0.2, 0) is 11.2 Å². The third kappa shape index (κ3) is 4.32. The Morgan fingerprint density at radius 1 is 1.17 bits per heavy atom. The summed E-state index contributed by atoms with van der Waals surface area (Å²) in [6.45, 7) is 3.55. The molecule has 0 atom stereocenters. The van der Waals surface area contributed by atoms with Crippen molar-refractivity contribution in [3.8, 4) is 0 Å². The molecule has 1 amide bonds. The van der Waals surface area contributed by atoms with Gasteiger partial charge in [0.1, 0.15) is 0 Å². The summed E-state index contributed by atoms with van der Waals surface area (Å²) in [5.41, 5.74) is 1.21. The average Bonchev–Trinajstić information content (AvgIpc) is 2.64. The van der Waals surface area contributed by atoms with Crippen molar-refractivity contribution in [2.24, 2.45) is 0 Å². The van der Waals surface area contributed by atoms with Gasteiger partial charge < -0.3 is 15.1 Å². The molecule has 2 aromatic rings. The molecular weight excluding hydrogens is 328 g/mol. The number of aromatic nitrogens is 3. The topological polar surface area (TPSA) is 74.2 Å². The Kier molecular flexibility index (Phi) is 5.43. The van der Waals surface area contributed by atoms with Crippen molar-refractivity contribution in [1.29, 1.82) is 0 Å². The summed E-state index contributed by atoms with van der Waals surface area (Å²) in [4.78, 5) is 19.1. The van der Waals surface area contributed by atoms with Crippen LogP contribution in [0.4, 0.5) is 11.8 Å². The molecule has 1 N–H and O–H groups in total. The number of carbonyl (C=O) groups excluding carboxylic acids is 1. The van der Waals surface area contributed by atoms with Crippen LogP contribution in [-0.4, -0.2) is 59.2 Å². The molecule has 0 bridgehead atoms. The maximum atomic E-state index is 10.8. The van der Waals surface area contributed by atoms with Crippen molar-refractivity contribution >= 4 is 29.8 Å². The van der Waals surface area contributed by atoms with Gasteiger partial charge in [-0.2, -0.15) is 10.1 Å². The number of nitrogens with one attached hydrogen (secondary N) is 1. The molecule has 126 valence electrons. The number of anilines is 2. The van der Waals surface area contributed by atoms with E-state index in [4.69, 9.17) is 11.6 Å². The van der Waals surface area contributed by atoms with Crippen LogP contribution in [0, 0.1) is 0 Å². The van der Waals surface area contributed by atoms with E-state index in [0.29, 0.717) is 37.9 Å². The van der Waals surface area contributed by atoms with Gasteiger partial charge in [-0.1, -0.05) is 23.7 Å². The van der Waals surface area contributed by atoms with Crippen LogP contribution in [0.25, 0.3) is 0 Å². The van der Waals surface area contributed by atoms with Crippen molar-refractivity contribution in [1.82, 2.24) is 20.1 Å². The average molecular weight is 347 g/mol. The van der Waals surface area contributed by atoms with Crippen molar-refractivity contribution in [2.75, 3.05) is 42.9 Å². The van der Waals surface area contributed by atoms with Gasteiger partial charge in [0.05, 0.1) is 6.20 Å². The maximum absolute atomic E-state index is 10.8. The molecule has 8 heteroatoms. The molecule has 1 saturated heterocycles. The first kappa shape index (κ1) is 16.4. The van der Waals surface area contributed by atoms with Gasteiger partial charge in [-0.15, -0.1) is 5.10 Å². The highest BCUT2D eigenvalue weighted by molar-refractivity contribution is 6.30. The molecule has 1 aliphatic rings. The minimum atomic E-state index is 0.594. The minimum absolute atomic E-state index is 0.594. The van der Waals surface area contributed by atoms with E-state index in [2.05, 4.69) is 20.5 Å². The number of hydrogen-bond acceptors (Lipinski definition) is 6. The summed E-state index contributed by atoms with van der Waals surface area (Å²) in [5.74, 6) is 1.30. The Hall–Kier alpha value is -2.41. The number of halogens is 1. The first-order chi connectivity index (χ1) is 11.7. The van der Waals surface area contributed by atoms with E-state index in [0.717, 1.165) is 24.4 Å². The fraction of sp³-hybridized carbons (Fsp3) is 0.375. The van der Waals surface area contributed by atoms with Gasteiger partial charge in [0, 0.05) is 37.7 Å². The molecule has 1 aromatic heterocycles. The van der Waals surface area contributed by atoms with Gasteiger partial charge in [-0.25, -0.2) is 0 Å². The Labute approximate surface area is 145 Å². The molecule has 1 aliphatic heterocycles. The fourth-order valence-corrected chi connectivity index (χ4v) is 2.65. The smallest absolute Gasteiger partial charge is 0.247 e. The highest BCUT2D eigenvalue weighted by Gasteiger charge is 2.18. The van der Waals surface area contributed by atoms with Crippen LogP contribution in [0.3, 0.4) is 0 Å². The summed E-state index contributed by atoms with van der Waals surface area (Å²) >= 11 is 5.88. The molecule has 2 heterocycles. The van der Waals surface area contributed by atoms with Crippen LogP contribution < -0.4 is 10.2 Å². The molecule has 7 nitrogen and oxygen atoms in total. The number of rotatable bonds is 6. The monoisotopic (exact) mass is 346 g/mol. The van der Waals surface area contributed by atoms with Gasteiger partial charge in [0.15, 0.2) is 5.82 Å². The number of carbonyl (C=O) groups is 1. The summed E-state index contributed by atoms with van der Waals surface area (Å²) in [7, 11) is 0. The van der Waals surface area contributed by atoms with Crippen LogP contribution >= 0.6 is 11.6 Å². The number of amides is 1. The lowest BCUT2D eigenvalue weighted by Crippen LogP contribution is -2.46. The van der Waals surface area contributed by atoms with Crippen LogP contribution in [0.1, 0.15) is 5.56 Å². The first-order valence-corrected chi connectivity index (χ1v) is 8.25. The Bertz CT molecular complexity index is 673. The first-order valence-electron chi connectivity index (χ1n) is 7.87. The normalized spacial score (nSPS) is 14.5. The Morgan fingerprint density at radius 3 is 2.62 bits per heavy atom. The standard InChI is InChI=1S/C16H19ClN6O/c17-14-3-1-13(2-4-14)5-6-18-15-11-19-21-16(20-15)23-9-7-22(12-24)8-10-23/h1-4,11-12H,5-10H2,(H,18,20,21). The lowest BCUT2D eigenvalue weighted by Gasteiger charge is -2.32. The van der Waals surface area contributed by atoms with Gasteiger partial charge in [0.25, 0.3) is 0 Å². The van der Waals surface area contributed by atoms with Gasteiger partial charge in [-0.3, -0.25) is 4.79 Å². The quantitative estimate of drug-likeness (QED) is 0.798. The van der Waals surface area contributed by atoms with E-state index in [9.17, 15) is 4.79 Å². The van der Waals surface area contributed by atoms with E-state index in [1.54, 1.807) is 11.1 Å². The molecule has 1 aromatic carbocycles. The lowest BCUT2D eigenvalue weighted by molar-refractivity contribution is -0.118. The predicted molar refractivity (Wildman–Crippen MR) is 93.3 cm³/mol. The third-order valence-electron chi connectivity index (χ3n) is 3.93. The third-order valence-corrected chi connectivity index (χ3v) is 4.18. The highest BCUT2D eigenvalue weighted by Crippen LogP contribution is 2.13. The largest absolute Gasteiger partial charge is 0.368 e. The van der Waals surface area contributed by atoms with E-state index in [1.807, 2.05) is 29.2 Å². The summed E-state index contributed by atoms with van der Waals surface area (Å²) in [5, 5.41) is 12.1. The second-order valence-corrected chi connectivity index (χ2v) is 6.01. The van der Waals surface area contributed by atoms with E-state index >= 15 is 0 Å². The zero-order valence-corrected chi connectivity index (χ0v) is 14.0. The maximum Gasteiger partial charge on any atom is 0.247 e. The van der Waals surface area contributed by atoms with E-state index < -0.39 is 0 Å². The molecule has 0 saturated carbocycles. The Balaban J connectivity index is 1.53. The summed E-state index contributed by atoms with van der Waals surface area (Å²) < 4.78 is 0. The highest BCUT2D eigenvalue weighted by atomic mass is 35.5. The number of nitrogens with zero attached hydrogens (tertiary/aromatic N) is 5. The van der Waals surface area contributed by atoms with Gasteiger partial charge in [0.2, 0.25) is 12.4 Å². The molecule has 24 heavy (non-hydrogen) atoms. The molecule has 0 spiro atoms. The predicted octanol–water partition coefficient (Wildman–Crippen LogP) is 1.46. The minimum Gasteiger partial charge on any atom is -0.368 e. The van der Waals surface area contributed by atoms with Crippen molar-refractivity contribution in [3.63, 3.8) is 0 Å². The Morgan fingerprint density at radius 2 is 1.92 bits per heavy atom. The molecule has 0 radical (unpaired) electrons. The van der Waals surface area contributed by atoms with Crippen molar-refractivity contribution in [2.45, 2.75) is 6.42 Å². The van der Waals surface area contributed by atoms with E-state index in [1.165, 1.54) is 5.56 Å². The molecule has 0 unspecified atom stereocenters. The lowest BCUT2D eigenvalue weighted by atomic mass is 10.1. The number of piperazine rings is 1. The summed E-state index contributed by atoms with van der Waals surface area (Å²) in [6.07, 6.45) is 3.37. The van der Waals surface area contributed by atoms with Crippen LogP contribution in [0.5, 0.6) is 0 Å². The van der Waals surface area contributed by atoms with Gasteiger partial charge >= 0.3 is 0 Å². The molecule has 1 fully saturated rings. The molecular formula is C16H19ClN6O. The second kappa shape index (κ2) is 7.92. The SMILES string of the molecule is O=CN1CCN(c2nncc(NCCc3ccc(Cl)cc3)n2)CC1. The number of hydrogen-bond donors (Lipinski definition) is 1. The molecule has 0 aliphatic carbocycles. The zero-order valence-electron chi connectivity index (χ0n) is 13.2. The van der Waals surface area contributed by atoms with Gasteiger partial charge in [-0.05, 0) is 24.1 Å². The molecule has 3 rings (SSSR count). The fourth-order valence-electron chi connectivity index (χ4n) is 2.53. The zero-order chi connectivity index (χ0) is 16.8. The van der Waals surface area contributed by atoms with Crippen molar-refractivity contribution in [3.05, 3.63) is 41.0 Å². The van der Waals surface area contributed by atoms with Crippen molar-refractivity contribution < 1.29 is 4.79 Å². The second-order valence-electron chi connectivity index (χ2n) is 5.57.